The van der Waals surface area contributed by atoms with Crippen LogP contribution in [0.1, 0.15) is 27.7 Å². The molecule has 3 N–H and O–H groups in total. The van der Waals surface area contributed by atoms with Gasteiger partial charge in [0.05, 0.1) is 25.4 Å². The Morgan fingerprint density at radius 2 is 1.81 bits per heavy atom. The molecule has 5 heteroatoms. The van der Waals surface area contributed by atoms with Gasteiger partial charge < -0.3 is 20.5 Å². The van der Waals surface area contributed by atoms with Gasteiger partial charge in [0.1, 0.15) is 5.54 Å². The van der Waals surface area contributed by atoms with Gasteiger partial charge in [-0.1, -0.05) is 0 Å². The quantitative estimate of drug-likeness (QED) is 0.618. The van der Waals surface area contributed by atoms with Crippen molar-refractivity contribution < 1.29 is 14.3 Å². The number of nitrogens with two attached hydrogens (primary N) is 1. The van der Waals surface area contributed by atoms with Crippen molar-refractivity contribution in [2.75, 3.05) is 26.9 Å². The zero-order valence-electron chi connectivity index (χ0n) is 10.9. The highest BCUT2D eigenvalue weighted by atomic mass is 16.5. The summed E-state index contributed by atoms with van der Waals surface area (Å²) in [5, 5.41) is 2.84. The number of rotatable bonds is 7. The van der Waals surface area contributed by atoms with E-state index in [0.717, 1.165) is 0 Å². The Bertz CT molecular complexity index is 226. The van der Waals surface area contributed by atoms with E-state index in [-0.39, 0.29) is 12.2 Å². The molecule has 0 aliphatic carbocycles. The van der Waals surface area contributed by atoms with Crippen LogP contribution in [0.2, 0.25) is 0 Å². The van der Waals surface area contributed by atoms with Gasteiger partial charge in [-0.25, -0.2) is 0 Å². The summed E-state index contributed by atoms with van der Waals surface area (Å²) in [5.41, 5.74) is 4.27. The number of carbonyl (C=O) groups excluding carboxylic acids is 1. The van der Waals surface area contributed by atoms with Crippen LogP contribution in [-0.2, 0) is 14.3 Å². The van der Waals surface area contributed by atoms with Crippen molar-refractivity contribution >= 4 is 5.91 Å². The molecule has 0 aromatic heterocycles. The first-order chi connectivity index (χ1) is 7.21. The van der Waals surface area contributed by atoms with Crippen LogP contribution in [0, 0.1) is 0 Å². The maximum atomic E-state index is 11.1. The van der Waals surface area contributed by atoms with Crippen LogP contribution in [0.15, 0.2) is 0 Å². The summed E-state index contributed by atoms with van der Waals surface area (Å²) in [5.74, 6) is -0.424. The lowest BCUT2D eigenvalue weighted by Gasteiger charge is -2.25. The number of likely N-dealkylation sites (N-methyl/N-ethyl adjacent to an activating group) is 1. The Labute approximate surface area is 97.7 Å². The number of primary amides is 1. The molecule has 0 bridgehead atoms. The van der Waals surface area contributed by atoms with Gasteiger partial charge >= 0.3 is 0 Å². The van der Waals surface area contributed by atoms with Crippen LogP contribution in [0.4, 0.5) is 0 Å². The SMILES string of the molecule is CNC(C)(COCCOC(C)(C)C)C(N)=O. The predicted octanol–water partition coefficient (Wildman–Crippen LogP) is 0.282. The van der Waals surface area contributed by atoms with Crippen molar-refractivity contribution in [2.45, 2.75) is 38.8 Å². The molecule has 1 amide bonds. The molecule has 96 valence electrons. The van der Waals surface area contributed by atoms with Crippen LogP contribution in [-0.4, -0.2) is 43.9 Å². The lowest BCUT2D eigenvalue weighted by molar-refractivity contribution is -0.126. The Morgan fingerprint density at radius 1 is 1.25 bits per heavy atom. The van der Waals surface area contributed by atoms with Crippen molar-refractivity contribution in [2.24, 2.45) is 5.73 Å². The molecular formula is C11H24N2O3. The zero-order valence-corrected chi connectivity index (χ0v) is 10.9. The number of amides is 1. The summed E-state index contributed by atoms with van der Waals surface area (Å²) >= 11 is 0. The van der Waals surface area contributed by atoms with E-state index in [4.69, 9.17) is 15.2 Å². The minimum absolute atomic E-state index is 0.167. The van der Waals surface area contributed by atoms with Crippen LogP contribution in [0.5, 0.6) is 0 Å². The molecule has 0 spiro atoms. The lowest BCUT2D eigenvalue weighted by Crippen LogP contribution is -2.55. The third-order valence-corrected chi connectivity index (χ3v) is 2.25. The van der Waals surface area contributed by atoms with E-state index in [0.29, 0.717) is 13.2 Å². The number of carbonyl (C=O) groups is 1. The van der Waals surface area contributed by atoms with Gasteiger partial charge in [-0.05, 0) is 34.7 Å². The fourth-order valence-electron chi connectivity index (χ4n) is 0.950. The van der Waals surface area contributed by atoms with Crippen LogP contribution in [0.3, 0.4) is 0 Å². The number of hydrogen-bond donors (Lipinski definition) is 2. The van der Waals surface area contributed by atoms with Crippen molar-refractivity contribution in [1.29, 1.82) is 0 Å². The second-order valence-electron chi connectivity index (χ2n) is 4.96. The molecule has 0 fully saturated rings. The summed E-state index contributed by atoms with van der Waals surface area (Å²) in [6.07, 6.45) is 0. The van der Waals surface area contributed by atoms with Gasteiger partial charge in [-0.2, -0.15) is 0 Å². The highest BCUT2D eigenvalue weighted by molar-refractivity contribution is 5.84. The van der Waals surface area contributed by atoms with Gasteiger partial charge in [0.25, 0.3) is 0 Å². The zero-order chi connectivity index (χ0) is 12.8. The molecule has 0 heterocycles. The molecule has 16 heavy (non-hydrogen) atoms. The highest BCUT2D eigenvalue weighted by Gasteiger charge is 2.29. The van der Waals surface area contributed by atoms with E-state index < -0.39 is 11.4 Å². The van der Waals surface area contributed by atoms with Crippen LogP contribution >= 0.6 is 0 Å². The fraction of sp³-hybridized carbons (Fsp3) is 0.909. The Kier molecular flexibility index (Phi) is 5.92. The Balaban J connectivity index is 3.77. The predicted molar refractivity (Wildman–Crippen MR) is 63.2 cm³/mol. The third kappa shape index (κ3) is 6.05. The van der Waals surface area contributed by atoms with Crippen molar-refractivity contribution in [3.63, 3.8) is 0 Å². The van der Waals surface area contributed by atoms with E-state index in [1.165, 1.54) is 0 Å². The molecule has 1 unspecified atom stereocenters. The average molecular weight is 232 g/mol. The first-order valence-corrected chi connectivity index (χ1v) is 5.42. The number of nitrogens with one attached hydrogen (secondary N) is 1. The maximum absolute atomic E-state index is 11.1. The monoisotopic (exact) mass is 232 g/mol. The molecule has 0 aromatic rings. The minimum atomic E-state index is -0.818. The van der Waals surface area contributed by atoms with Gasteiger partial charge in [0.2, 0.25) is 5.91 Å². The summed E-state index contributed by atoms with van der Waals surface area (Å²) < 4.78 is 10.8. The molecule has 0 aromatic carbocycles. The smallest absolute Gasteiger partial charge is 0.239 e. The lowest BCUT2D eigenvalue weighted by atomic mass is 10.0. The summed E-state index contributed by atoms with van der Waals surface area (Å²) in [6.45, 7) is 8.84. The van der Waals surface area contributed by atoms with E-state index in [2.05, 4.69) is 5.32 Å². The number of ether oxygens (including phenoxy) is 2. The minimum Gasteiger partial charge on any atom is -0.377 e. The summed E-state index contributed by atoms with van der Waals surface area (Å²) in [4.78, 5) is 11.1. The van der Waals surface area contributed by atoms with E-state index in [1.807, 2.05) is 20.8 Å². The van der Waals surface area contributed by atoms with Crippen LogP contribution < -0.4 is 11.1 Å². The highest BCUT2D eigenvalue weighted by Crippen LogP contribution is 2.06. The van der Waals surface area contributed by atoms with E-state index in [9.17, 15) is 4.79 Å². The van der Waals surface area contributed by atoms with E-state index in [1.54, 1.807) is 14.0 Å². The topological polar surface area (TPSA) is 73.6 Å². The maximum Gasteiger partial charge on any atom is 0.239 e. The fourth-order valence-corrected chi connectivity index (χ4v) is 0.950. The summed E-state index contributed by atoms with van der Waals surface area (Å²) in [7, 11) is 1.68. The van der Waals surface area contributed by atoms with Crippen LogP contribution in [0.25, 0.3) is 0 Å². The van der Waals surface area contributed by atoms with Crippen molar-refractivity contribution in [3.05, 3.63) is 0 Å². The first-order valence-electron chi connectivity index (χ1n) is 5.42. The molecule has 0 saturated carbocycles. The van der Waals surface area contributed by atoms with Gasteiger partial charge in [-0.3, -0.25) is 4.79 Å². The van der Waals surface area contributed by atoms with Gasteiger partial charge in [0, 0.05) is 0 Å². The van der Waals surface area contributed by atoms with E-state index >= 15 is 0 Å². The largest absolute Gasteiger partial charge is 0.377 e. The molecule has 0 radical (unpaired) electrons. The average Bonchev–Trinajstić information content (AvgIpc) is 2.14. The van der Waals surface area contributed by atoms with Crippen molar-refractivity contribution in [1.82, 2.24) is 5.32 Å². The molecule has 5 nitrogen and oxygen atoms in total. The first kappa shape index (κ1) is 15.3. The molecule has 0 aliphatic heterocycles. The van der Waals surface area contributed by atoms with Gasteiger partial charge in [0.15, 0.2) is 0 Å². The molecule has 0 saturated heterocycles. The standard InChI is InChI=1S/C11H24N2O3/c1-10(2,3)16-7-6-15-8-11(4,13-5)9(12)14/h13H,6-8H2,1-5H3,(H2,12,14). The Hall–Kier alpha value is -0.650. The summed E-state index contributed by atoms with van der Waals surface area (Å²) in [6, 6.07) is 0. The molecule has 0 rings (SSSR count). The third-order valence-electron chi connectivity index (χ3n) is 2.25. The Morgan fingerprint density at radius 3 is 2.19 bits per heavy atom. The number of hydrogen-bond acceptors (Lipinski definition) is 4. The normalized spacial score (nSPS) is 15.8. The van der Waals surface area contributed by atoms with Crippen molar-refractivity contribution in [3.8, 4) is 0 Å². The molecular weight excluding hydrogens is 208 g/mol. The van der Waals surface area contributed by atoms with Gasteiger partial charge in [-0.15, -0.1) is 0 Å². The molecule has 1 atom stereocenters. The second kappa shape index (κ2) is 6.18. The molecule has 0 aliphatic rings. The second-order valence-corrected chi connectivity index (χ2v) is 4.96.